The predicted molar refractivity (Wildman–Crippen MR) is 60.9 cm³/mol. The Bertz CT molecular complexity index is 289. The van der Waals surface area contributed by atoms with Crippen LogP contribution in [0.4, 0.5) is 0 Å². The van der Waals surface area contributed by atoms with Gasteiger partial charge in [-0.05, 0) is 24.2 Å². The van der Waals surface area contributed by atoms with Gasteiger partial charge in [0.15, 0.2) is 0 Å². The third-order valence-corrected chi connectivity index (χ3v) is 1.90. The first-order valence-corrected chi connectivity index (χ1v) is 4.81. The van der Waals surface area contributed by atoms with Crippen LogP contribution in [0.2, 0.25) is 0 Å². The van der Waals surface area contributed by atoms with Gasteiger partial charge in [-0.2, -0.15) is 0 Å². The molecule has 76 valence electrons. The fourth-order valence-corrected chi connectivity index (χ4v) is 1.23. The fourth-order valence-electron chi connectivity index (χ4n) is 1.16. The number of hydrogen-bond donors (Lipinski definition) is 2. The number of nitrogens with two attached hydrogens (primary N) is 2. The zero-order valence-corrected chi connectivity index (χ0v) is 8.67. The van der Waals surface area contributed by atoms with Gasteiger partial charge in [-0.15, -0.1) is 0 Å². The summed E-state index contributed by atoms with van der Waals surface area (Å²) in [5, 5.41) is 0.0495. The Balaban J connectivity index is 2.34. The van der Waals surface area contributed by atoms with E-state index in [2.05, 4.69) is 12.2 Å². The average molecular weight is 210 g/mol. The van der Waals surface area contributed by atoms with Gasteiger partial charge < -0.3 is 16.2 Å². The van der Waals surface area contributed by atoms with E-state index in [1.165, 1.54) is 5.56 Å². The standard InChI is InChI=1S/C10H14N2OS/c11-9(7-13-10(12)14)6-8-4-2-1-3-5-8/h1-5,9H,6-7,11H2,(H2,12,14)/t9-/m1/s1. The molecule has 1 atom stereocenters. The lowest BCUT2D eigenvalue weighted by molar-refractivity contribution is 0.278. The molecule has 0 aliphatic rings. The molecule has 4 N–H and O–H groups in total. The number of benzene rings is 1. The van der Waals surface area contributed by atoms with E-state index in [4.69, 9.17) is 16.2 Å². The molecular weight excluding hydrogens is 196 g/mol. The first-order valence-electron chi connectivity index (χ1n) is 4.40. The van der Waals surface area contributed by atoms with E-state index < -0.39 is 0 Å². The minimum Gasteiger partial charge on any atom is -0.470 e. The van der Waals surface area contributed by atoms with E-state index in [1.807, 2.05) is 30.3 Å². The smallest absolute Gasteiger partial charge is 0.254 e. The SMILES string of the molecule is NC(=S)OC[C@H](N)Cc1ccccc1. The molecule has 4 heteroatoms. The van der Waals surface area contributed by atoms with Gasteiger partial charge in [0.1, 0.15) is 6.61 Å². The quantitative estimate of drug-likeness (QED) is 0.722. The molecule has 0 fully saturated rings. The number of hydrogen-bond acceptors (Lipinski definition) is 3. The van der Waals surface area contributed by atoms with Crippen LogP contribution in [0.3, 0.4) is 0 Å². The topological polar surface area (TPSA) is 61.3 Å². The molecule has 0 bridgehead atoms. The van der Waals surface area contributed by atoms with Crippen LogP contribution < -0.4 is 11.5 Å². The largest absolute Gasteiger partial charge is 0.470 e. The van der Waals surface area contributed by atoms with Gasteiger partial charge in [0.05, 0.1) is 0 Å². The first kappa shape index (κ1) is 10.9. The number of rotatable bonds is 4. The fraction of sp³-hybridized carbons (Fsp3) is 0.300. The summed E-state index contributed by atoms with van der Waals surface area (Å²) in [6.07, 6.45) is 0.767. The minimum atomic E-state index is -0.0705. The maximum absolute atomic E-state index is 5.81. The van der Waals surface area contributed by atoms with Crippen molar-refractivity contribution in [2.24, 2.45) is 11.5 Å². The van der Waals surface area contributed by atoms with Crippen LogP contribution in [-0.4, -0.2) is 17.8 Å². The Hall–Kier alpha value is -1.13. The molecule has 0 amide bonds. The Morgan fingerprint density at radius 2 is 2.00 bits per heavy atom. The highest BCUT2D eigenvalue weighted by molar-refractivity contribution is 7.80. The zero-order chi connectivity index (χ0) is 10.4. The van der Waals surface area contributed by atoms with Gasteiger partial charge in [0, 0.05) is 6.04 Å². The van der Waals surface area contributed by atoms with E-state index in [1.54, 1.807) is 0 Å². The minimum absolute atomic E-state index is 0.0495. The molecule has 0 aliphatic heterocycles. The Labute approximate surface area is 89.0 Å². The summed E-state index contributed by atoms with van der Waals surface area (Å²) in [5.74, 6) is 0. The Morgan fingerprint density at radius 3 is 2.57 bits per heavy atom. The molecule has 0 unspecified atom stereocenters. The second-order valence-corrected chi connectivity index (χ2v) is 3.48. The van der Waals surface area contributed by atoms with Crippen LogP contribution in [0.25, 0.3) is 0 Å². The molecule has 0 saturated carbocycles. The summed E-state index contributed by atoms with van der Waals surface area (Å²) < 4.78 is 4.96. The van der Waals surface area contributed by atoms with Crippen molar-refractivity contribution in [1.82, 2.24) is 0 Å². The average Bonchev–Trinajstić information content (AvgIpc) is 2.16. The van der Waals surface area contributed by atoms with Crippen LogP contribution >= 0.6 is 12.2 Å². The second-order valence-electron chi connectivity index (χ2n) is 3.08. The van der Waals surface area contributed by atoms with Crippen molar-refractivity contribution >= 4 is 17.4 Å². The highest BCUT2D eigenvalue weighted by Gasteiger charge is 2.04. The molecule has 14 heavy (non-hydrogen) atoms. The van der Waals surface area contributed by atoms with Crippen LogP contribution in [0, 0.1) is 0 Å². The Morgan fingerprint density at radius 1 is 1.36 bits per heavy atom. The lowest BCUT2D eigenvalue weighted by Crippen LogP contribution is -2.31. The normalized spacial score (nSPS) is 12.1. The third kappa shape index (κ3) is 4.20. The van der Waals surface area contributed by atoms with Crippen molar-refractivity contribution in [3.8, 4) is 0 Å². The highest BCUT2D eigenvalue weighted by atomic mass is 32.1. The maximum atomic E-state index is 5.81. The van der Waals surface area contributed by atoms with Crippen molar-refractivity contribution < 1.29 is 4.74 Å². The first-order chi connectivity index (χ1) is 6.68. The molecule has 1 aromatic carbocycles. The summed E-state index contributed by atoms with van der Waals surface area (Å²) in [6, 6.07) is 9.92. The van der Waals surface area contributed by atoms with Crippen molar-refractivity contribution in [3.05, 3.63) is 35.9 Å². The third-order valence-electron chi connectivity index (χ3n) is 1.78. The van der Waals surface area contributed by atoms with Crippen molar-refractivity contribution in [1.29, 1.82) is 0 Å². The van der Waals surface area contributed by atoms with Crippen molar-refractivity contribution in [2.45, 2.75) is 12.5 Å². The van der Waals surface area contributed by atoms with E-state index in [0.29, 0.717) is 6.61 Å². The molecule has 0 radical (unpaired) electrons. The molecule has 0 aromatic heterocycles. The van der Waals surface area contributed by atoms with Gasteiger partial charge in [0.25, 0.3) is 5.17 Å². The monoisotopic (exact) mass is 210 g/mol. The highest BCUT2D eigenvalue weighted by Crippen LogP contribution is 2.01. The van der Waals surface area contributed by atoms with Gasteiger partial charge in [-0.3, -0.25) is 0 Å². The predicted octanol–water partition coefficient (Wildman–Crippen LogP) is 0.817. The summed E-state index contributed by atoms with van der Waals surface area (Å²) >= 11 is 4.58. The maximum Gasteiger partial charge on any atom is 0.254 e. The molecule has 0 heterocycles. The van der Waals surface area contributed by atoms with E-state index in [0.717, 1.165) is 6.42 Å². The van der Waals surface area contributed by atoms with Crippen molar-refractivity contribution in [2.75, 3.05) is 6.61 Å². The molecule has 1 aromatic rings. The van der Waals surface area contributed by atoms with Gasteiger partial charge in [-0.1, -0.05) is 30.3 Å². The van der Waals surface area contributed by atoms with E-state index >= 15 is 0 Å². The summed E-state index contributed by atoms with van der Waals surface area (Å²) in [5.41, 5.74) is 12.2. The summed E-state index contributed by atoms with van der Waals surface area (Å²) in [6.45, 7) is 0.365. The lowest BCUT2D eigenvalue weighted by atomic mass is 10.1. The molecule has 3 nitrogen and oxygen atoms in total. The van der Waals surface area contributed by atoms with Gasteiger partial charge in [0.2, 0.25) is 0 Å². The van der Waals surface area contributed by atoms with E-state index in [-0.39, 0.29) is 11.2 Å². The summed E-state index contributed by atoms with van der Waals surface area (Å²) in [4.78, 5) is 0. The zero-order valence-electron chi connectivity index (χ0n) is 7.85. The Kier molecular flexibility index (Phi) is 4.35. The second kappa shape index (κ2) is 5.57. The van der Waals surface area contributed by atoms with Gasteiger partial charge in [-0.25, -0.2) is 0 Å². The van der Waals surface area contributed by atoms with Crippen LogP contribution in [0.15, 0.2) is 30.3 Å². The van der Waals surface area contributed by atoms with Crippen LogP contribution in [0.5, 0.6) is 0 Å². The van der Waals surface area contributed by atoms with Gasteiger partial charge >= 0.3 is 0 Å². The number of ether oxygens (including phenoxy) is 1. The van der Waals surface area contributed by atoms with E-state index in [9.17, 15) is 0 Å². The molecular formula is C10H14N2OS. The molecule has 0 saturated heterocycles. The van der Waals surface area contributed by atoms with Crippen LogP contribution in [0.1, 0.15) is 5.56 Å². The summed E-state index contributed by atoms with van der Waals surface area (Å²) in [7, 11) is 0. The molecule has 0 aliphatic carbocycles. The molecule has 1 rings (SSSR count). The lowest BCUT2D eigenvalue weighted by Gasteiger charge is -2.11. The molecule has 0 spiro atoms. The van der Waals surface area contributed by atoms with Crippen molar-refractivity contribution in [3.63, 3.8) is 0 Å². The number of thiocarbonyl (C=S) groups is 1. The van der Waals surface area contributed by atoms with Crippen LogP contribution in [-0.2, 0) is 11.2 Å².